The Labute approximate surface area is 97.3 Å². The van der Waals surface area contributed by atoms with E-state index >= 15 is 0 Å². The van der Waals surface area contributed by atoms with Crippen LogP contribution < -0.4 is 15.2 Å². The number of rotatable bonds is 5. The number of nitrogens with zero attached hydrogens (tertiary/aromatic N) is 1. The lowest BCUT2D eigenvalue weighted by Gasteiger charge is -2.13. The third-order valence-electron chi connectivity index (χ3n) is 2.30. The summed E-state index contributed by atoms with van der Waals surface area (Å²) >= 11 is 0. The fourth-order valence-corrected chi connectivity index (χ4v) is 1.42. The second kappa shape index (κ2) is 5.44. The van der Waals surface area contributed by atoms with E-state index in [2.05, 4.69) is 0 Å². The summed E-state index contributed by atoms with van der Waals surface area (Å²) in [5.74, 6) is 0.478. The van der Waals surface area contributed by atoms with Crippen molar-refractivity contribution in [2.75, 3.05) is 20.9 Å². The minimum Gasteiger partial charge on any atom is -0.493 e. The number of hydrogen-bond donors (Lipinski definition) is 1. The molecule has 17 heavy (non-hydrogen) atoms. The van der Waals surface area contributed by atoms with Crippen LogP contribution in [0.25, 0.3) is 0 Å². The Kier molecular flexibility index (Phi) is 4.22. The Morgan fingerprint density at radius 3 is 2.35 bits per heavy atom. The SMILES string of the molecule is COc1cc([C@H](N)CF)c([N+](=O)[O-])cc1OC. The Morgan fingerprint density at radius 2 is 1.94 bits per heavy atom. The molecule has 0 aliphatic heterocycles. The van der Waals surface area contributed by atoms with Crippen molar-refractivity contribution >= 4 is 5.69 Å². The summed E-state index contributed by atoms with van der Waals surface area (Å²) in [6.07, 6.45) is 0. The van der Waals surface area contributed by atoms with Gasteiger partial charge in [0.1, 0.15) is 6.67 Å². The quantitative estimate of drug-likeness (QED) is 0.627. The molecule has 1 atom stereocenters. The molecule has 94 valence electrons. The van der Waals surface area contributed by atoms with Crippen molar-refractivity contribution in [1.29, 1.82) is 0 Å². The predicted molar refractivity (Wildman–Crippen MR) is 59.1 cm³/mol. The Bertz CT molecular complexity index is 425. The lowest BCUT2D eigenvalue weighted by atomic mass is 10.1. The van der Waals surface area contributed by atoms with Crippen LogP contribution in [0.15, 0.2) is 12.1 Å². The van der Waals surface area contributed by atoms with Crippen molar-refractivity contribution in [2.45, 2.75) is 6.04 Å². The fraction of sp³-hybridized carbons (Fsp3) is 0.400. The van der Waals surface area contributed by atoms with Crippen LogP contribution in [0.1, 0.15) is 11.6 Å². The number of hydrogen-bond acceptors (Lipinski definition) is 5. The molecule has 0 fully saturated rings. The standard InChI is InChI=1S/C10H13FN2O4/c1-16-9-3-6(7(12)5-11)8(13(14)15)4-10(9)17-2/h3-4,7H,5,12H2,1-2H3/t7-/m1/s1. The maximum atomic E-state index is 12.5. The molecule has 0 unspecified atom stereocenters. The van der Waals surface area contributed by atoms with Gasteiger partial charge in [-0.2, -0.15) is 0 Å². The van der Waals surface area contributed by atoms with Crippen molar-refractivity contribution in [1.82, 2.24) is 0 Å². The molecule has 2 N–H and O–H groups in total. The number of alkyl halides is 1. The number of nitrogens with two attached hydrogens (primary N) is 1. The lowest BCUT2D eigenvalue weighted by molar-refractivity contribution is -0.385. The van der Waals surface area contributed by atoms with E-state index in [-0.39, 0.29) is 22.7 Å². The van der Waals surface area contributed by atoms with Gasteiger partial charge in [0.15, 0.2) is 11.5 Å². The summed E-state index contributed by atoms with van der Waals surface area (Å²) in [5, 5.41) is 10.8. The van der Waals surface area contributed by atoms with Gasteiger partial charge in [-0.25, -0.2) is 4.39 Å². The molecule has 0 aromatic heterocycles. The average molecular weight is 244 g/mol. The Morgan fingerprint density at radius 1 is 1.41 bits per heavy atom. The summed E-state index contributed by atoms with van der Waals surface area (Å²) < 4.78 is 22.4. The van der Waals surface area contributed by atoms with Crippen LogP contribution in [0.2, 0.25) is 0 Å². The smallest absolute Gasteiger partial charge is 0.278 e. The number of nitro benzene ring substituents is 1. The molecule has 6 nitrogen and oxygen atoms in total. The fourth-order valence-electron chi connectivity index (χ4n) is 1.42. The van der Waals surface area contributed by atoms with Gasteiger partial charge in [-0.1, -0.05) is 0 Å². The van der Waals surface area contributed by atoms with Gasteiger partial charge >= 0.3 is 0 Å². The topological polar surface area (TPSA) is 87.6 Å². The van der Waals surface area contributed by atoms with Crippen molar-refractivity contribution < 1.29 is 18.8 Å². The molecular weight excluding hydrogens is 231 g/mol. The highest BCUT2D eigenvalue weighted by atomic mass is 19.1. The van der Waals surface area contributed by atoms with Crippen LogP contribution >= 0.6 is 0 Å². The van der Waals surface area contributed by atoms with E-state index in [9.17, 15) is 14.5 Å². The van der Waals surface area contributed by atoms with Gasteiger partial charge in [-0.3, -0.25) is 10.1 Å². The van der Waals surface area contributed by atoms with E-state index < -0.39 is 17.6 Å². The van der Waals surface area contributed by atoms with Crippen LogP contribution in [-0.4, -0.2) is 25.8 Å². The van der Waals surface area contributed by atoms with Gasteiger partial charge in [0.25, 0.3) is 5.69 Å². The van der Waals surface area contributed by atoms with Gasteiger partial charge in [0, 0.05) is 0 Å². The molecule has 0 aliphatic rings. The zero-order chi connectivity index (χ0) is 13.0. The van der Waals surface area contributed by atoms with Crippen LogP contribution in [0.3, 0.4) is 0 Å². The van der Waals surface area contributed by atoms with Crippen molar-refractivity contribution in [3.05, 3.63) is 27.8 Å². The normalized spacial score (nSPS) is 12.0. The molecule has 0 saturated heterocycles. The highest BCUT2D eigenvalue weighted by Gasteiger charge is 2.23. The van der Waals surface area contributed by atoms with E-state index in [1.165, 1.54) is 26.4 Å². The van der Waals surface area contributed by atoms with Gasteiger partial charge in [-0.05, 0) is 6.07 Å². The Balaban J connectivity index is 3.40. The monoisotopic (exact) mass is 244 g/mol. The molecule has 7 heteroatoms. The molecule has 0 bridgehead atoms. The first kappa shape index (κ1) is 13.2. The highest BCUT2D eigenvalue weighted by molar-refractivity contribution is 5.55. The minimum atomic E-state index is -1.06. The largest absolute Gasteiger partial charge is 0.493 e. The maximum Gasteiger partial charge on any atom is 0.278 e. The van der Waals surface area contributed by atoms with E-state index in [0.29, 0.717) is 0 Å². The lowest BCUT2D eigenvalue weighted by Crippen LogP contribution is -2.14. The van der Waals surface area contributed by atoms with Gasteiger partial charge in [0.2, 0.25) is 0 Å². The molecular formula is C10H13FN2O4. The van der Waals surface area contributed by atoms with Crippen molar-refractivity contribution in [3.63, 3.8) is 0 Å². The zero-order valence-corrected chi connectivity index (χ0v) is 9.47. The first-order chi connectivity index (χ1) is 8.04. The number of halogens is 1. The van der Waals surface area contributed by atoms with E-state index in [4.69, 9.17) is 15.2 Å². The van der Waals surface area contributed by atoms with E-state index in [1.807, 2.05) is 0 Å². The molecule has 0 aliphatic carbocycles. The summed E-state index contributed by atoms with van der Waals surface area (Å²) in [4.78, 5) is 10.2. The van der Waals surface area contributed by atoms with Gasteiger partial charge in [-0.15, -0.1) is 0 Å². The van der Waals surface area contributed by atoms with Crippen LogP contribution in [-0.2, 0) is 0 Å². The maximum absolute atomic E-state index is 12.5. The minimum absolute atomic E-state index is 0.0788. The number of nitro groups is 1. The molecule has 1 rings (SSSR count). The number of benzene rings is 1. The van der Waals surface area contributed by atoms with Crippen LogP contribution in [0.4, 0.5) is 10.1 Å². The molecule has 0 radical (unpaired) electrons. The Hall–Kier alpha value is -1.89. The first-order valence-corrected chi connectivity index (χ1v) is 4.77. The van der Waals surface area contributed by atoms with E-state index in [1.54, 1.807) is 0 Å². The van der Waals surface area contributed by atoms with Gasteiger partial charge < -0.3 is 15.2 Å². The first-order valence-electron chi connectivity index (χ1n) is 4.77. The number of methoxy groups -OCH3 is 2. The third kappa shape index (κ3) is 2.62. The molecule has 0 amide bonds. The molecule has 0 heterocycles. The summed E-state index contributed by atoms with van der Waals surface area (Å²) in [6.45, 7) is -0.893. The average Bonchev–Trinajstić information content (AvgIpc) is 2.35. The van der Waals surface area contributed by atoms with Crippen LogP contribution in [0, 0.1) is 10.1 Å². The number of ether oxygens (including phenoxy) is 2. The second-order valence-electron chi connectivity index (χ2n) is 3.28. The highest BCUT2D eigenvalue weighted by Crippen LogP contribution is 2.36. The summed E-state index contributed by atoms with van der Waals surface area (Å²) in [5.41, 5.74) is 5.27. The van der Waals surface area contributed by atoms with Crippen molar-refractivity contribution in [2.24, 2.45) is 5.73 Å². The van der Waals surface area contributed by atoms with Gasteiger partial charge in [0.05, 0.1) is 36.8 Å². The zero-order valence-electron chi connectivity index (χ0n) is 9.47. The molecule has 1 aromatic carbocycles. The predicted octanol–water partition coefficient (Wildman–Crippen LogP) is 1.58. The molecule has 1 aromatic rings. The van der Waals surface area contributed by atoms with Crippen molar-refractivity contribution in [3.8, 4) is 11.5 Å². The second-order valence-corrected chi connectivity index (χ2v) is 3.28. The summed E-state index contributed by atoms with van der Waals surface area (Å²) in [6, 6.07) is 1.43. The molecule has 0 saturated carbocycles. The molecule has 0 spiro atoms. The van der Waals surface area contributed by atoms with Crippen LogP contribution in [0.5, 0.6) is 11.5 Å². The summed E-state index contributed by atoms with van der Waals surface area (Å²) in [7, 11) is 2.74. The third-order valence-corrected chi connectivity index (χ3v) is 2.30. The van der Waals surface area contributed by atoms with E-state index in [0.717, 1.165) is 0 Å².